The first-order valence-electron chi connectivity index (χ1n) is 12.9. The molecule has 1 heterocycles. The van der Waals surface area contributed by atoms with Crippen molar-refractivity contribution in [2.45, 2.75) is 31.7 Å². The molecule has 0 spiro atoms. The number of carbonyl (C=O) groups is 3. The summed E-state index contributed by atoms with van der Waals surface area (Å²) in [7, 11) is -4.20. The first-order valence-corrected chi connectivity index (χ1v) is 16.3. The summed E-state index contributed by atoms with van der Waals surface area (Å²) in [4.78, 5) is 39.5. The number of nitrogens with one attached hydrogen (secondary N) is 1. The smallest absolute Gasteiger partial charge is 0.339 e. The number of amides is 4. The van der Waals surface area contributed by atoms with Gasteiger partial charge in [-0.05, 0) is 111 Å². The second-order valence-corrected chi connectivity index (χ2v) is 12.8. The number of hydrogen-bond donors (Lipinski definition) is 1. The number of rotatable bonds is 11. The van der Waals surface area contributed by atoms with E-state index in [0.29, 0.717) is 40.9 Å². The van der Waals surface area contributed by atoms with Crippen molar-refractivity contribution < 1.29 is 36.5 Å². The number of ether oxygens (including phenoxy) is 2. The number of barbiturate groups is 1. The van der Waals surface area contributed by atoms with Crippen LogP contribution >= 0.6 is 43.5 Å². The molecular weight excluding hydrogens is 732 g/mol. The topological polar surface area (TPSA) is 128 Å². The average molecular weight is 757 g/mol. The maximum absolute atomic E-state index is 13.4. The number of halogens is 3. The number of carbonyl (C=O) groups excluding carboxylic acids is 3. The van der Waals surface area contributed by atoms with Gasteiger partial charge in [0.25, 0.3) is 11.8 Å². The van der Waals surface area contributed by atoms with E-state index in [1.54, 1.807) is 18.2 Å². The minimum Gasteiger partial charge on any atom is -0.490 e. The lowest BCUT2D eigenvalue weighted by Gasteiger charge is -2.26. The first-order chi connectivity index (χ1) is 20.4. The lowest BCUT2D eigenvalue weighted by molar-refractivity contribution is -0.130. The summed E-state index contributed by atoms with van der Waals surface area (Å²) in [5.74, 6) is -0.717. The molecule has 43 heavy (non-hydrogen) atoms. The Kier molecular flexibility index (Phi) is 10.5. The molecule has 1 fully saturated rings. The summed E-state index contributed by atoms with van der Waals surface area (Å²) < 4.78 is 42.7. The van der Waals surface area contributed by atoms with E-state index in [1.165, 1.54) is 42.5 Å². The zero-order valence-electron chi connectivity index (χ0n) is 22.9. The average Bonchev–Trinajstić information content (AvgIpc) is 2.95. The predicted molar refractivity (Wildman–Crippen MR) is 167 cm³/mol. The van der Waals surface area contributed by atoms with Crippen molar-refractivity contribution in [3.63, 3.8) is 0 Å². The largest absolute Gasteiger partial charge is 0.490 e. The van der Waals surface area contributed by atoms with E-state index in [9.17, 15) is 22.8 Å². The van der Waals surface area contributed by atoms with Gasteiger partial charge in [-0.1, -0.05) is 24.6 Å². The quantitative estimate of drug-likeness (QED) is 0.134. The van der Waals surface area contributed by atoms with Gasteiger partial charge in [-0.2, -0.15) is 8.42 Å². The molecule has 1 aliphatic rings. The Morgan fingerprint density at radius 3 is 2.23 bits per heavy atom. The zero-order valence-corrected chi connectivity index (χ0v) is 27.6. The van der Waals surface area contributed by atoms with Crippen LogP contribution in [0.15, 0.2) is 74.0 Å². The van der Waals surface area contributed by atoms with E-state index in [-0.39, 0.29) is 31.7 Å². The number of benzene rings is 3. The molecule has 1 N–H and O–H groups in total. The Morgan fingerprint density at radius 1 is 0.930 bits per heavy atom. The van der Waals surface area contributed by atoms with Crippen molar-refractivity contribution in [1.82, 2.24) is 10.2 Å². The Bertz CT molecular complexity index is 1690. The number of imide groups is 2. The second kappa shape index (κ2) is 13.9. The third-order valence-corrected chi connectivity index (χ3v) is 8.59. The zero-order chi connectivity index (χ0) is 31.3. The molecule has 0 radical (unpaired) electrons. The van der Waals surface area contributed by atoms with Gasteiger partial charge in [0.1, 0.15) is 10.5 Å². The van der Waals surface area contributed by atoms with Gasteiger partial charge in [0.05, 0.1) is 28.7 Å². The van der Waals surface area contributed by atoms with E-state index >= 15 is 0 Å². The van der Waals surface area contributed by atoms with E-state index in [0.717, 1.165) is 11.3 Å². The van der Waals surface area contributed by atoms with Gasteiger partial charge in [-0.15, -0.1) is 0 Å². The maximum atomic E-state index is 13.4. The molecule has 0 aromatic heterocycles. The number of nitrogens with zero attached hydrogens (tertiary/aromatic N) is 1. The molecule has 4 rings (SSSR count). The molecule has 3 aromatic rings. The lowest BCUT2D eigenvalue weighted by Crippen LogP contribution is -2.53. The van der Waals surface area contributed by atoms with Gasteiger partial charge < -0.3 is 13.7 Å². The molecule has 0 atom stereocenters. The highest BCUT2D eigenvalue weighted by Gasteiger charge is 2.36. The Balaban J connectivity index is 1.59. The molecule has 14 heteroatoms. The van der Waals surface area contributed by atoms with Crippen LogP contribution in [-0.4, -0.2) is 44.4 Å². The number of hydrogen-bond acceptors (Lipinski definition) is 8. The van der Waals surface area contributed by atoms with Crippen LogP contribution < -0.4 is 19.0 Å². The molecular formula is C29H25Br2ClN2O8S. The van der Waals surface area contributed by atoms with Gasteiger partial charge >= 0.3 is 16.1 Å². The lowest BCUT2D eigenvalue weighted by atomic mass is 10.1. The Morgan fingerprint density at radius 2 is 1.60 bits per heavy atom. The van der Waals surface area contributed by atoms with Gasteiger partial charge in [-0.25, -0.2) is 4.79 Å². The maximum Gasteiger partial charge on any atom is 0.339 e. The van der Waals surface area contributed by atoms with Crippen LogP contribution in [0.1, 0.15) is 31.4 Å². The summed E-state index contributed by atoms with van der Waals surface area (Å²) in [6.45, 7) is 4.56. The SMILES string of the molecule is CCCOc1ccc(CN2C(=O)NC(=O)/C(=C\c3cc(Br)c(OS(=O)(=O)c4ccc(Cl)cc4)c(Br)c3)C2=O)cc1OCC. The first kappa shape index (κ1) is 32.5. The monoisotopic (exact) mass is 754 g/mol. The third kappa shape index (κ3) is 7.77. The molecule has 0 saturated carbocycles. The van der Waals surface area contributed by atoms with Crippen LogP contribution in [0.5, 0.6) is 17.2 Å². The second-order valence-electron chi connectivity index (χ2n) is 9.08. The molecule has 4 amide bonds. The third-order valence-electron chi connectivity index (χ3n) is 5.92. The van der Waals surface area contributed by atoms with Crippen molar-refractivity contribution in [2.75, 3.05) is 13.2 Å². The van der Waals surface area contributed by atoms with Crippen molar-refractivity contribution in [3.8, 4) is 17.2 Å². The van der Waals surface area contributed by atoms with E-state index in [4.69, 9.17) is 25.3 Å². The fourth-order valence-corrected chi connectivity index (χ4v) is 6.63. The van der Waals surface area contributed by atoms with Crippen LogP contribution in [0, 0.1) is 0 Å². The van der Waals surface area contributed by atoms with Gasteiger partial charge in [0.2, 0.25) is 0 Å². The van der Waals surface area contributed by atoms with Crippen LogP contribution in [0.3, 0.4) is 0 Å². The molecule has 226 valence electrons. The summed E-state index contributed by atoms with van der Waals surface area (Å²) in [5.41, 5.74) is 0.631. The standard InChI is InChI=1S/C29H25Br2ClN2O8S/c1-3-11-41-24-10-5-17(15-25(24)40-4-2)16-34-28(36)21(27(35)33-29(34)37)12-18-13-22(30)26(23(31)14-18)42-43(38,39)20-8-6-19(32)7-9-20/h5-10,12-15H,3-4,11,16H2,1-2H3,(H,33,35,37)/b21-12+. The van der Waals surface area contributed by atoms with Gasteiger partial charge in [0.15, 0.2) is 17.2 Å². The molecule has 1 saturated heterocycles. The summed E-state index contributed by atoms with van der Waals surface area (Å²) in [6, 6.07) is 12.6. The van der Waals surface area contributed by atoms with Crippen LogP contribution in [0.25, 0.3) is 6.08 Å². The molecule has 10 nitrogen and oxygen atoms in total. The normalized spacial score (nSPS) is 14.6. The predicted octanol–water partition coefficient (Wildman–Crippen LogP) is 6.48. The molecule has 0 unspecified atom stereocenters. The Labute approximate surface area is 270 Å². The molecule has 3 aromatic carbocycles. The highest BCUT2D eigenvalue weighted by molar-refractivity contribution is 9.11. The van der Waals surface area contributed by atoms with Crippen LogP contribution in [0.4, 0.5) is 4.79 Å². The fraction of sp³-hybridized carbons (Fsp3) is 0.207. The van der Waals surface area contributed by atoms with Crippen LogP contribution in [-0.2, 0) is 26.3 Å². The van der Waals surface area contributed by atoms with Crippen molar-refractivity contribution in [2.24, 2.45) is 0 Å². The number of urea groups is 1. The molecule has 0 aliphatic carbocycles. The fourth-order valence-electron chi connectivity index (χ4n) is 3.94. The summed E-state index contributed by atoms with van der Waals surface area (Å²) in [6.07, 6.45) is 2.10. The van der Waals surface area contributed by atoms with Crippen molar-refractivity contribution in [3.05, 3.63) is 85.3 Å². The highest BCUT2D eigenvalue weighted by atomic mass is 79.9. The summed E-state index contributed by atoms with van der Waals surface area (Å²) >= 11 is 12.4. The Hall–Kier alpha value is -3.39. The summed E-state index contributed by atoms with van der Waals surface area (Å²) in [5, 5.41) is 2.56. The van der Waals surface area contributed by atoms with Crippen molar-refractivity contribution in [1.29, 1.82) is 0 Å². The van der Waals surface area contributed by atoms with E-state index < -0.39 is 28.0 Å². The van der Waals surface area contributed by atoms with Crippen molar-refractivity contribution >= 4 is 77.5 Å². The van der Waals surface area contributed by atoms with E-state index in [1.807, 2.05) is 13.8 Å². The van der Waals surface area contributed by atoms with Gasteiger partial charge in [0, 0.05) is 5.02 Å². The van der Waals surface area contributed by atoms with E-state index in [2.05, 4.69) is 37.2 Å². The minimum absolute atomic E-state index is 0.0511. The highest BCUT2D eigenvalue weighted by Crippen LogP contribution is 2.38. The minimum atomic E-state index is -4.20. The molecule has 0 bridgehead atoms. The van der Waals surface area contributed by atoms with Gasteiger partial charge in [-0.3, -0.25) is 19.8 Å². The van der Waals surface area contributed by atoms with Crippen LogP contribution in [0.2, 0.25) is 5.02 Å². The molecule has 1 aliphatic heterocycles.